The lowest BCUT2D eigenvalue weighted by Gasteiger charge is -2.11. The Labute approximate surface area is 128 Å². The molecule has 1 atom stereocenters. The number of hydrogen-bond acceptors (Lipinski definition) is 3. The van der Waals surface area contributed by atoms with E-state index in [1.54, 1.807) is 36.5 Å². The largest absolute Gasteiger partial charge is 0.376 e. The summed E-state index contributed by atoms with van der Waals surface area (Å²) in [6.45, 7) is 1.30. The number of nitrogens with zero attached hydrogens (tertiary/aromatic N) is 1. The van der Waals surface area contributed by atoms with Gasteiger partial charge in [-0.1, -0.05) is 12.1 Å². The highest BCUT2D eigenvalue weighted by Gasteiger charge is 2.16. The molecule has 0 unspecified atom stereocenters. The van der Waals surface area contributed by atoms with Crippen molar-refractivity contribution in [1.82, 2.24) is 10.3 Å². The predicted molar refractivity (Wildman–Crippen MR) is 80.9 cm³/mol. The maximum Gasteiger partial charge on any atom is 0.251 e. The van der Waals surface area contributed by atoms with Crippen LogP contribution < -0.4 is 5.32 Å². The Morgan fingerprint density at radius 1 is 1.32 bits per heavy atom. The van der Waals surface area contributed by atoms with Crippen LogP contribution in [0.25, 0.3) is 11.1 Å². The Hall–Kier alpha value is -2.27. The van der Waals surface area contributed by atoms with E-state index in [0.717, 1.165) is 25.0 Å². The van der Waals surface area contributed by atoms with Crippen LogP contribution >= 0.6 is 0 Å². The Morgan fingerprint density at radius 2 is 2.14 bits per heavy atom. The zero-order chi connectivity index (χ0) is 15.4. The topological polar surface area (TPSA) is 51.2 Å². The van der Waals surface area contributed by atoms with Gasteiger partial charge in [0.25, 0.3) is 5.91 Å². The first kappa shape index (κ1) is 14.7. The number of amides is 1. The van der Waals surface area contributed by atoms with Gasteiger partial charge >= 0.3 is 0 Å². The molecule has 4 nitrogen and oxygen atoms in total. The molecule has 22 heavy (non-hydrogen) atoms. The van der Waals surface area contributed by atoms with Crippen molar-refractivity contribution in [1.29, 1.82) is 0 Å². The van der Waals surface area contributed by atoms with E-state index >= 15 is 0 Å². The fourth-order valence-corrected chi connectivity index (χ4v) is 2.52. The summed E-state index contributed by atoms with van der Waals surface area (Å²) < 4.78 is 19.1. The van der Waals surface area contributed by atoms with E-state index in [4.69, 9.17) is 4.74 Å². The van der Waals surface area contributed by atoms with Gasteiger partial charge < -0.3 is 10.1 Å². The highest BCUT2D eigenvalue weighted by atomic mass is 19.1. The van der Waals surface area contributed by atoms with Crippen molar-refractivity contribution in [3.8, 4) is 11.1 Å². The Kier molecular flexibility index (Phi) is 4.44. The van der Waals surface area contributed by atoms with Crippen LogP contribution in [-0.2, 0) is 4.74 Å². The molecule has 1 saturated heterocycles. The van der Waals surface area contributed by atoms with Gasteiger partial charge in [-0.2, -0.15) is 0 Å². The van der Waals surface area contributed by atoms with E-state index in [-0.39, 0.29) is 17.8 Å². The summed E-state index contributed by atoms with van der Waals surface area (Å²) in [6.07, 6.45) is 4.87. The number of carbonyl (C=O) groups is 1. The van der Waals surface area contributed by atoms with Gasteiger partial charge in [0.15, 0.2) is 0 Å². The van der Waals surface area contributed by atoms with Gasteiger partial charge in [-0.3, -0.25) is 9.78 Å². The minimum atomic E-state index is -0.377. The van der Waals surface area contributed by atoms with Gasteiger partial charge in [-0.05, 0) is 36.6 Å². The summed E-state index contributed by atoms with van der Waals surface area (Å²) in [5.41, 5.74) is 1.74. The number of carbonyl (C=O) groups excluding carboxylic acids is 1. The summed E-state index contributed by atoms with van der Waals surface area (Å²) in [7, 11) is 0. The zero-order valence-electron chi connectivity index (χ0n) is 12.1. The summed E-state index contributed by atoms with van der Waals surface area (Å²) in [6, 6.07) is 8.47. The van der Waals surface area contributed by atoms with Gasteiger partial charge in [-0.15, -0.1) is 0 Å². The molecule has 1 aliphatic rings. The number of benzene rings is 1. The molecule has 2 heterocycles. The highest BCUT2D eigenvalue weighted by molar-refractivity contribution is 5.94. The molecule has 0 aliphatic carbocycles. The molecule has 1 fully saturated rings. The molecule has 0 saturated carbocycles. The van der Waals surface area contributed by atoms with Crippen molar-refractivity contribution in [3.05, 3.63) is 54.1 Å². The van der Waals surface area contributed by atoms with Crippen molar-refractivity contribution < 1.29 is 13.9 Å². The molecular weight excluding hydrogens is 283 g/mol. The van der Waals surface area contributed by atoms with Gasteiger partial charge in [0.2, 0.25) is 0 Å². The number of rotatable bonds is 4. The van der Waals surface area contributed by atoms with Crippen LogP contribution in [0.15, 0.2) is 42.7 Å². The molecule has 114 valence electrons. The molecule has 0 spiro atoms. The summed E-state index contributed by atoms with van der Waals surface area (Å²) in [5, 5.41) is 2.86. The summed E-state index contributed by atoms with van der Waals surface area (Å²) >= 11 is 0. The van der Waals surface area contributed by atoms with Crippen LogP contribution in [0.5, 0.6) is 0 Å². The van der Waals surface area contributed by atoms with E-state index in [1.165, 1.54) is 6.20 Å². The average molecular weight is 300 g/mol. The van der Waals surface area contributed by atoms with Crippen molar-refractivity contribution in [2.24, 2.45) is 0 Å². The third-order valence-corrected chi connectivity index (χ3v) is 3.74. The molecule has 1 aliphatic heterocycles. The number of halogens is 1. The second-order valence-corrected chi connectivity index (χ2v) is 5.28. The summed E-state index contributed by atoms with van der Waals surface area (Å²) in [5.74, 6) is -0.518. The van der Waals surface area contributed by atoms with Gasteiger partial charge in [-0.25, -0.2) is 4.39 Å². The number of pyridine rings is 1. The molecule has 1 amide bonds. The van der Waals surface area contributed by atoms with Crippen LogP contribution in [0.4, 0.5) is 4.39 Å². The lowest BCUT2D eigenvalue weighted by Crippen LogP contribution is -2.31. The molecule has 2 aromatic rings. The van der Waals surface area contributed by atoms with Gasteiger partial charge in [0.1, 0.15) is 5.82 Å². The van der Waals surface area contributed by atoms with Crippen LogP contribution in [0.2, 0.25) is 0 Å². The molecule has 1 aromatic heterocycles. The molecule has 3 rings (SSSR count). The molecular formula is C17H17FN2O2. The number of nitrogens with one attached hydrogen (secondary N) is 1. The standard InChI is InChI=1S/C17H17FN2O2/c18-16-11-19-8-7-15(16)12-3-5-13(6-4-12)17(21)20-10-14-2-1-9-22-14/h3-8,11,14H,1-2,9-10H2,(H,20,21)/t14-/m0/s1. The molecule has 1 aromatic carbocycles. The van der Waals surface area contributed by atoms with Crippen LogP contribution in [0.3, 0.4) is 0 Å². The second kappa shape index (κ2) is 6.66. The first-order valence-corrected chi connectivity index (χ1v) is 7.34. The molecule has 5 heteroatoms. The van der Waals surface area contributed by atoms with E-state index in [0.29, 0.717) is 17.7 Å². The zero-order valence-corrected chi connectivity index (χ0v) is 12.1. The minimum absolute atomic E-state index is 0.120. The highest BCUT2D eigenvalue weighted by Crippen LogP contribution is 2.22. The average Bonchev–Trinajstić information content (AvgIpc) is 3.07. The third kappa shape index (κ3) is 3.31. The first-order chi connectivity index (χ1) is 10.7. The molecule has 1 N–H and O–H groups in total. The van der Waals surface area contributed by atoms with E-state index < -0.39 is 0 Å². The Bertz CT molecular complexity index is 652. The van der Waals surface area contributed by atoms with Crippen LogP contribution in [-0.4, -0.2) is 30.1 Å². The lowest BCUT2D eigenvalue weighted by molar-refractivity contribution is 0.0858. The fourth-order valence-electron chi connectivity index (χ4n) is 2.52. The van der Waals surface area contributed by atoms with E-state index in [2.05, 4.69) is 10.3 Å². The monoisotopic (exact) mass is 300 g/mol. The smallest absolute Gasteiger partial charge is 0.251 e. The quantitative estimate of drug-likeness (QED) is 0.944. The number of aromatic nitrogens is 1. The fraction of sp³-hybridized carbons (Fsp3) is 0.294. The van der Waals surface area contributed by atoms with Crippen molar-refractivity contribution in [2.45, 2.75) is 18.9 Å². The SMILES string of the molecule is O=C(NC[C@@H]1CCCO1)c1ccc(-c2ccncc2F)cc1. The predicted octanol–water partition coefficient (Wildman–Crippen LogP) is 2.80. The Morgan fingerprint density at radius 3 is 2.82 bits per heavy atom. The van der Waals surface area contributed by atoms with Crippen molar-refractivity contribution in [2.75, 3.05) is 13.2 Å². The van der Waals surface area contributed by atoms with E-state index in [1.807, 2.05) is 0 Å². The molecule has 0 bridgehead atoms. The number of ether oxygens (including phenoxy) is 1. The maximum atomic E-state index is 13.7. The minimum Gasteiger partial charge on any atom is -0.376 e. The Balaban J connectivity index is 1.66. The number of hydrogen-bond donors (Lipinski definition) is 1. The summed E-state index contributed by atoms with van der Waals surface area (Å²) in [4.78, 5) is 15.8. The van der Waals surface area contributed by atoms with Crippen LogP contribution in [0, 0.1) is 5.82 Å². The van der Waals surface area contributed by atoms with Gasteiger partial charge in [0, 0.05) is 30.5 Å². The van der Waals surface area contributed by atoms with Crippen molar-refractivity contribution >= 4 is 5.91 Å². The second-order valence-electron chi connectivity index (χ2n) is 5.28. The molecule has 0 radical (unpaired) electrons. The van der Waals surface area contributed by atoms with Crippen LogP contribution in [0.1, 0.15) is 23.2 Å². The van der Waals surface area contributed by atoms with Crippen molar-refractivity contribution in [3.63, 3.8) is 0 Å². The lowest BCUT2D eigenvalue weighted by atomic mass is 10.0. The maximum absolute atomic E-state index is 13.7. The van der Waals surface area contributed by atoms with Gasteiger partial charge in [0.05, 0.1) is 12.3 Å². The third-order valence-electron chi connectivity index (χ3n) is 3.74. The first-order valence-electron chi connectivity index (χ1n) is 7.34. The van der Waals surface area contributed by atoms with E-state index in [9.17, 15) is 9.18 Å². The normalized spacial score (nSPS) is 17.4.